The summed E-state index contributed by atoms with van der Waals surface area (Å²) in [5.41, 5.74) is 0. The summed E-state index contributed by atoms with van der Waals surface area (Å²) < 4.78 is 53.6. The monoisotopic (exact) mass is 244 g/mol. The first-order valence-electron chi connectivity index (χ1n) is 4.71. The highest BCUT2D eigenvalue weighted by Gasteiger charge is 2.48. The average molecular weight is 244 g/mol. The van der Waals surface area contributed by atoms with Crippen LogP contribution in [0.5, 0.6) is 0 Å². The second kappa shape index (κ2) is 5.44. The lowest BCUT2D eigenvalue weighted by molar-refractivity contribution is -0.170. The van der Waals surface area contributed by atoms with Gasteiger partial charge in [-0.2, -0.15) is 8.78 Å². The van der Waals surface area contributed by atoms with Crippen LogP contribution in [-0.4, -0.2) is 50.6 Å². The SMILES string of the molecule is O=C(NCC1CNCCO1)C(F)(F)C(F)F. The summed E-state index contributed by atoms with van der Waals surface area (Å²) >= 11 is 0. The normalized spacial score (nSPS) is 22.2. The molecule has 0 aromatic heterocycles. The predicted octanol–water partition coefficient (Wildman–Crippen LogP) is -0.00860. The molecule has 4 nitrogen and oxygen atoms in total. The molecule has 8 heteroatoms. The van der Waals surface area contributed by atoms with Crippen molar-refractivity contribution >= 4 is 5.91 Å². The molecule has 1 aliphatic heterocycles. The number of ether oxygens (including phenoxy) is 1. The highest BCUT2D eigenvalue weighted by Crippen LogP contribution is 2.22. The van der Waals surface area contributed by atoms with E-state index in [4.69, 9.17) is 4.74 Å². The summed E-state index contributed by atoms with van der Waals surface area (Å²) in [4.78, 5) is 10.7. The lowest BCUT2D eigenvalue weighted by Gasteiger charge is -2.24. The molecule has 0 bridgehead atoms. The van der Waals surface area contributed by atoms with E-state index in [9.17, 15) is 22.4 Å². The van der Waals surface area contributed by atoms with Crippen LogP contribution >= 0.6 is 0 Å². The van der Waals surface area contributed by atoms with E-state index in [0.29, 0.717) is 19.7 Å². The Bertz CT molecular complexity index is 244. The number of carbonyl (C=O) groups excluding carboxylic acids is 1. The molecular weight excluding hydrogens is 232 g/mol. The van der Waals surface area contributed by atoms with Gasteiger partial charge < -0.3 is 15.4 Å². The third-order valence-electron chi connectivity index (χ3n) is 2.07. The molecule has 1 saturated heterocycles. The van der Waals surface area contributed by atoms with E-state index in [1.807, 2.05) is 0 Å². The van der Waals surface area contributed by atoms with Gasteiger partial charge in [-0.15, -0.1) is 0 Å². The lowest BCUT2D eigenvalue weighted by Crippen LogP contribution is -2.50. The van der Waals surface area contributed by atoms with Gasteiger partial charge in [0.15, 0.2) is 0 Å². The van der Waals surface area contributed by atoms with Crippen LogP contribution in [0.3, 0.4) is 0 Å². The quantitative estimate of drug-likeness (QED) is 0.684. The van der Waals surface area contributed by atoms with Gasteiger partial charge in [0.2, 0.25) is 0 Å². The summed E-state index contributed by atoms with van der Waals surface area (Å²) in [7, 11) is 0. The van der Waals surface area contributed by atoms with E-state index in [2.05, 4.69) is 5.32 Å². The van der Waals surface area contributed by atoms with Crippen molar-refractivity contribution in [1.29, 1.82) is 0 Å². The molecule has 1 aliphatic rings. The van der Waals surface area contributed by atoms with Gasteiger partial charge in [0.05, 0.1) is 12.7 Å². The fourth-order valence-corrected chi connectivity index (χ4v) is 1.17. The minimum absolute atomic E-state index is 0.214. The van der Waals surface area contributed by atoms with Crippen LogP contribution in [0.1, 0.15) is 0 Å². The van der Waals surface area contributed by atoms with Crippen molar-refractivity contribution in [2.75, 3.05) is 26.2 Å². The number of amides is 1. The average Bonchev–Trinajstić information content (AvgIpc) is 2.27. The van der Waals surface area contributed by atoms with Gasteiger partial charge >= 0.3 is 12.3 Å². The molecule has 0 radical (unpaired) electrons. The second-order valence-electron chi connectivity index (χ2n) is 3.33. The molecule has 0 saturated carbocycles. The largest absolute Gasteiger partial charge is 0.383 e. The fraction of sp³-hybridized carbons (Fsp3) is 0.875. The maximum absolute atomic E-state index is 12.5. The number of nitrogens with one attached hydrogen (secondary N) is 2. The topological polar surface area (TPSA) is 50.4 Å². The molecule has 16 heavy (non-hydrogen) atoms. The molecular formula is C8H12F4N2O2. The minimum atomic E-state index is -4.65. The van der Waals surface area contributed by atoms with E-state index >= 15 is 0 Å². The molecule has 0 aromatic rings. The molecule has 94 valence electrons. The zero-order chi connectivity index (χ0) is 12.2. The van der Waals surface area contributed by atoms with Gasteiger partial charge in [-0.3, -0.25) is 4.79 Å². The van der Waals surface area contributed by atoms with Crippen LogP contribution in [0.2, 0.25) is 0 Å². The fourth-order valence-electron chi connectivity index (χ4n) is 1.17. The van der Waals surface area contributed by atoms with Crippen molar-refractivity contribution in [1.82, 2.24) is 10.6 Å². The van der Waals surface area contributed by atoms with Crippen LogP contribution in [-0.2, 0) is 9.53 Å². The van der Waals surface area contributed by atoms with Gasteiger partial charge in [-0.1, -0.05) is 0 Å². The summed E-state index contributed by atoms with van der Waals surface area (Å²) in [5.74, 6) is -6.63. The Morgan fingerprint density at radius 3 is 2.75 bits per heavy atom. The molecule has 0 aliphatic carbocycles. The van der Waals surface area contributed by atoms with Gasteiger partial charge in [0.1, 0.15) is 0 Å². The summed E-state index contributed by atoms with van der Waals surface area (Å²) in [5, 5.41) is 4.65. The molecule has 1 fully saturated rings. The minimum Gasteiger partial charge on any atom is -0.374 e. The van der Waals surface area contributed by atoms with E-state index < -0.39 is 24.4 Å². The van der Waals surface area contributed by atoms with E-state index in [-0.39, 0.29) is 6.54 Å². The van der Waals surface area contributed by atoms with E-state index in [1.165, 1.54) is 0 Å². The van der Waals surface area contributed by atoms with E-state index in [0.717, 1.165) is 0 Å². The Balaban J connectivity index is 2.34. The first-order chi connectivity index (χ1) is 7.44. The van der Waals surface area contributed by atoms with Crippen LogP contribution in [0, 0.1) is 0 Å². The molecule has 1 unspecified atom stereocenters. The molecule has 2 N–H and O–H groups in total. The lowest BCUT2D eigenvalue weighted by atomic mass is 10.2. The van der Waals surface area contributed by atoms with Gasteiger partial charge in [-0.25, -0.2) is 8.78 Å². The van der Waals surface area contributed by atoms with Crippen molar-refractivity contribution in [2.45, 2.75) is 18.5 Å². The molecule has 0 spiro atoms. The first kappa shape index (κ1) is 13.2. The molecule has 0 aromatic carbocycles. The van der Waals surface area contributed by atoms with E-state index in [1.54, 1.807) is 5.32 Å². The van der Waals surface area contributed by atoms with Crippen LogP contribution in [0.25, 0.3) is 0 Å². The Hall–Kier alpha value is -0.890. The Labute approximate surface area is 89.3 Å². The van der Waals surface area contributed by atoms with Crippen molar-refractivity contribution in [3.05, 3.63) is 0 Å². The number of carbonyl (C=O) groups is 1. The van der Waals surface area contributed by atoms with Crippen molar-refractivity contribution in [3.8, 4) is 0 Å². The standard InChI is InChI=1S/C8H12F4N2O2/c9-6(10)8(11,12)7(15)14-4-5-3-13-1-2-16-5/h5-6,13H,1-4H2,(H,14,15). The molecule has 1 amide bonds. The summed E-state index contributed by atoms with van der Waals surface area (Å²) in [6.45, 7) is 1.21. The van der Waals surface area contributed by atoms with Crippen LogP contribution in [0.15, 0.2) is 0 Å². The Morgan fingerprint density at radius 2 is 2.25 bits per heavy atom. The molecule has 1 rings (SSSR count). The van der Waals surface area contributed by atoms with Crippen molar-refractivity contribution in [3.63, 3.8) is 0 Å². The van der Waals surface area contributed by atoms with Crippen LogP contribution < -0.4 is 10.6 Å². The van der Waals surface area contributed by atoms with Gasteiger partial charge in [0, 0.05) is 19.6 Å². The van der Waals surface area contributed by atoms with Crippen molar-refractivity contribution < 1.29 is 27.1 Å². The number of halogens is 4. The maximum atomic E-state index is 12.5. The van der Waals surface area contributed by atoms with Crippen molar-refractivity contribution in [2.24, 2.45) is 0 Å². The zero-order valence-corrected chi connectivity index (χ0v) is 8.31. The summed E-state index contributed by atoms with van der Waals surface area (Å²) in [6.07, 6.45) is -4.47. The highest BCUT2D eigenvalue weighted by atomic mass is 19.3. The van der Waals surface area contributed by atoms with Gasteiger partial charge in [0.25, 0.3) is 5.91 Å². The first-order valence-corrected chi connectivity index (χ1v) is 4.71. The predicted molar refractivity (Wildman–Crippen MR) is 46.6 cm³/mol. The summed E-state index contributed by atoms with van der Waals surface area (Å²) in [6, 6.07) is 0. The Kier molecular flexibility index (Phi) is 4.48. The Morgan fingerprint density at radius 1 is 1.56 bits per heavy atom. The number of rotatable bonds is 4. The zero-order valence-electron chi connectivity index (χ0n) is 8.31. The third-order valence-corrected chi connectivity index (χ3v) is 2.07. The number of hydrogen-bond donors (Lipinski definition) is 2. The third kappa shape index (κ3) is 3.31. The second-order valence-corrected chi connectivity index (χ2v) is 3.33. The number of morpholine rings is 1. The number of alkyl halides is 4. The maximum Gasteiger partial charge on any atom is 0.383 e. The van der Waals surface area contributed by atoms with Crippen LogP contribution in [0.4, 0.5) is 17.6 Å². The smallest absolute Gasteiger partial charge is 0.374 e. The number of hydrogen-bond acceptors (Lipinski definition) is 3. The molecule has 1 heterocycles. The van der Waals surface area contributed by atoms with Gasteiger partial charge in [-0.05, 0) is 0 Å². The molecule has 1 atom stereocenters. The highest BCUT2D eigenvalue weighted by molar-refractivity contribution is 5.83.